The van der Waals surface area contributed by atoms with Crippen LogP contribution in [0.4, 0.5) is 0 Å². The fourth-order valence-corrected chi connectivity index (χ4v) is 3.72. The molecule has 32 heavy (non-hydrogen) atoms. The van der Waals surface area contributed by atoms with Gasteiger partial charge < -0.3 is 50.0 Å². The van der Waals surface area contributed by atoms with Crippen molar-refractivity contribution in [2.75, 3.05) is 0 Å². The lowest BCUT2D eigenvalue weighted by Crippen LogP contribution is -2.58. The molecule has 2 aliphatic heterocycles. The lowest BCUT2D eigenvalue weighted by molar-refractivity contribution is -0.268. The Balaban J connectivity index is 1.62. The highest BCUT2D eigenvalue weighted by molar-refractivity contribution is 6.02. The molecule has 7 N–H and O–H groups in total. The van der Waals surface area contributed by atoms with Gasteiger partial charge in [0.15, 0.2) is 23.0 Å². The summed E-state index contributed by atoms with van der Waals surface area (Å²) >= 11 is 0. The summed E-state index contributed by atoms with van der Waals surface area (Å²) in [6, 6.07) is 4.67. The summed E-state index contributed by atoms with van der Waals surface area (Å²) in [4.78, 5) is 12.6. The topological polar surface area (TPSA) is 186 Å². The number of aliphatic hydroxyl groups excluding tert-OH is 3. The van der Waals surface area contributed by atoms with Crippen molar-refractivity contribution < 1.29 is 54.8 Å². The van der Waals surface area contributed by atoms with Gasteiger partial charge >= 0.3 is 0 Å². The molecular weight excluding hydrogens is 428 g/mol. The van der Waals surface area contributed by atoms with Gasteiger partial charge in [0.25, 0.3) is 0 Å². The first kappa shape index (κ1) is 22.0. The number of aliphatic hydroxyl groups is 3. The summed E-state index contributed by atoms with van der Waals surface area (Å²) in [7, 11) is 0. The first-order valence-corrected chi connectivity index (χ1v) is 9.74. The molecule has 0 amide bonds. The highest BCUT2D eigenvalue weighted by Crippen LogP contribution is 2.45. The van der Waals surface area contributed by atoms with Crippen molar-refractivity contribution in [3.05, 3.63) is 35.4 Å². The van der Waals surface area contributed by atoms with Crippen LogP contribution in [-0.2, 0) is 4.74 Å². The molecule has 6 atom stereocenters. The van der Waals surface area contributed by atoms with E-state index >= 15 is 0 Å². The van der Waals surface area contributed by atoms with Crippen molar-refractivity contribution >= 4 is 5.78 Å². The quantitative estimate of drug-likeness (QED) is 0.321. The molecule has 0 unspecified atom stereocenters. The minimum atomic E-state index is -1.59. The van der Waals surface area contributed by atoms with E-state index in [1.54, 1.807) is 0 Å². The van der Waals surface area contributed by atoms with Crippen LogP contribution in [0.2, 0.25) is 0 Å². The van der Waals surface area contributed by atoms with Gasteiger partial charge in [-0.05, 0) is 19.1 Å². The highest BCUT2D eigenvalue weighted by Gasteiger charge is 2.43. The number of ketones is 1. The van der Waals surface area contributed by atoms with Gasteiger partial charge in [0.05, 0.1) is 12.5 Å². The van der Waals surface area contributed by atoms with Gasteiger partial charge in [-0.1, -0.05) is 0 Å². The molecule has 4 rings (SSSR count). The number of ether oxygens (including phenoxy) is 3. The van der Waals surface area contributed by atoms with Crippen molar-refractivity contribution in [3.63, 3.8) is 0 Å². The van der Waals surface area contributed by atoms with E-state index in [4.69, 9.17) is 14.2 Å². The van der Waals surface area contributed by atoms with E-state index in [9.17, 15) is 40.5 Å². The SMILES string of the molecule is C[C@H]1O[C@@H](Oc2cc(O)c3c(c2)O[C@H](c2cc(O)c(O)c(O)c2)CC3=O)[C@H](O)[C@H](O)[C@H]1O. The van der Waals surface area contributed by atoms with Gasteiger partial charge in [-0.15, -0.1) is 0 Å². The molecule has 0 radical (unpaired) electrons. The second-order valence-corrected chi connectivity index (χ2v) is 7.76. The van der Waals surface area contributed by atoms with E-state index in [1.165, 1.54) is 13.0 Å². The summed E-state index contributed by atoms with van der Waals surface area (Å²) < 4.78 is 16.7. The van der Waals surface area contributed by atoms with E-state index in [-0.39, 0.29) is 29.0 Å². The second kappa shape index (κ2) is 8.02. The van der Waals surface area contributed by atoms with E-state index in [2.05, 4.69) is 0 Å². The number of rotatable bonds is 3. The van der Waals surface area contributed by atoms with E-state index in [0.717, 1.165) is 18.2 Å². The van der Waals surface area contributed by atoms with Gasteiger partial charge in [0.1, 0.15) is 47.2 Å². The Labute approximate surface area is 181 Å². The predicted molar refractivity (Wildman–Crippen MR) is 105 cm³/mol. The lowest BCUT2D eigenvalue weighted by Gasteiger charge is -2.39. The Bertz CT molecular complexity index is 1030. The molecule has 2 heterocycles. The van der Waals surface area contributed by atoms with E-state index < -0.39 is 65.6 Å². The number of phenolic OH excluding ortho intramolecular Hbond substituents is 4. The molecule has 172 valence electrons. The van der Waals surface area contributed by atoms with Gasteiger partial charge in [-0.3, -0.25) is 4.79 Å². The van der Waals surface area contributed by atoms with Crippen LogP contribution in [0.25, 0.3) is 0 Å². The minimum Gasteiger partial charge on any atom is -0.507 e. The summed E-state index contributed by atoms with van der Waals surface area (Å²) in [5.74, 6) is -2.94. The first-order chi connectivity index (χ1) is 15.1. The van der Waals surface area contributed by atoms with Crippen molar-refractivity contribution in [1.82, 2.24) is 0 Å². The number of hydrogen-bond acceptors (Lipinski definition) is 11. The number of phenols is 4. The number of fused-ring (bicyclic) bond motifs is 1. The van der Waals surface area contributed by atoms with Crippen LogP contribution in [0.1, 0.15) is 35.4 Å². The summed E-state index contributed by atoms with van der Waals surface area (Å²) in [5, 5.41) is 69.2. The van der Waals surface area contributed by atoms with Crippen molar-refractivity contribution in [3.8, 4) is 34.5 Å². The molecule has 2 aliphatic rings. The Hall–Kier alpha value is -3.25. The Kier molecular flexibility index (Phi) is 5.51. The smallest absolute Gasteiger partial charge is 0.229 e. The average molecular weight is 450 g/mol. The number of hydrogen-bond donors (Lipinski definition) is 7. The standard InChI is InChI=1S/C21H22O11/c1-7-17(26)19(28)20(29)21(30-7)31-9-4-10(22)16-11(23)6-14(32-15(16)5-9)8-2-12(24)18(27)13(25)3-8/h2-5,7,14,17,19-22,24-29H,6H2,1H3/t7-,14+,17+,19-,20-,21+/m1/s1. The number of carbonyl (C=O) groups excluding carboxylic acids is 1. The van der Waals surface area contributed by atoms with E-state index in [1.807, 2.05) is 0 Å². The fourth-order valence-electron chi connectivity index (χ4n) is 3.72. The highest BCUT2D eigenvalue weighted by atomic mass is 16.7. The molecular formula is C21H22O11. The van der Waals surface area contributed by atoms with Crippen molar-refractivity contribution in [1.29, 1.82) is 0 Å². The molecule has 1 saturated heterocycles. The normalized spacial score (nSPS) is 29.8. The third-order valence-corrected chi connectivity index (χ3v) is 5.50. The zero-order valence-electron chi connectivity index (χ0n) is 16.7. The van der Waals surface area contributed by atoms with E-state index in [0.29, 0.717) is 0 Å². The molecule has 0 bridgehead atoms. The Morgan fingerprint density at radius 3 is 2.22 bits per heavy atom. The van der Waals surface area contributed by atoms with Crippen LogP contribution < -0.4 is 9.47 Å². The van der Waals surface area contributed by atoms with Crippen LogP contribution in [0.3, 0.4) is 0 Å². The summed E-state index contributed by atoms with van der Waals surface area (Å²) in [5.41, 5.74) is 0.106. The minimum absolute atomic E-state index is 0.0501. The Morgan fingerprint density at radius 2 is 1.56 bits per heavy atom. The van der Waals surface area contributed by atoms with Crippen molar-refractivity contribution in [2.45, 2.75) is 50.2 Å². The third kappa shape index (κ3) is 3.75. The molecule has 11 heteroatoms. The Morgan fingerprint density at radius 1 is 0.906 bits per heavy atom. The van der Waals surface area contributed by atoms with Gasteiger partial charge in [0, 0.05) is 17.7 Å². The zero-order valence-corrected chi connectivity index (χ0v) is 16.7. The number of carbonyl (C=O) groups is 1. The van der Waals surface area contributed by atoms with Gasteiger partial charge in [-0.25, -0.2) is 0 Å². The predicted octanol–water partition coefficient (Wildman–Crippen LogP) is 0.422. The largest absolute Gasteiger partial charge is 0.507 e. The second-order valence-electron chi connectivity index (χ2n) is 7.76. The molecule has 2 aromatic carbocycles. The zero-order chi connectivity index (χ0) is 23.3. The maximum atomic E-state index is 12.6. The van der Waals surface area contributed by atoms with Gasteiger partial charge in [0.2, 0.25) is 6.29 Å². The monoisotopic (exact) mass is 450 g/mol. The number of benzene rings is 2. The molecule has 0 aliphatic carbocycles. The third-order valence-electron chi connectivity index (χ3n) is 5.50. The molecule has 0 spiro atoms. The molecule has 0 aromatic heterocycles. The first-order valence-electron chi connectivity index (χ1n) is 9.74. The molecule has 1 fully saturated rings. The maximum Gasteiger partial charge on any atom is 0.229 e. The number of aromatic hydroxyl groups is 4. The van der Waals surface area contributed by atoms with Crippen LogP contribution >= 0.6 is 0 Å². The molecule has 2 aromatic rings. The van der Waals surface area contributed by atoms with Gasteiger partial charge in [-0.2, -0.15) is 0 Å². The molecule has 11 nitrogen and oxygen atoms in total. The summed E-state index contributed by atoms with van der Waals surface area (Å²) in [6.07, 6.45) is -7.80. The lowest BCUT2D eigenvalue weighted by atomic mass is 9.95. The fraction of sp³-hybridized carbons (Fsp3) is 0.381. The van der Waals surface area contributed by atoms with Crippen LogP contribution in [-0.4, -0.2) is 72.2 Å². The summed E-state index contributed by atoms with van der Waals surface area (Å²) in [6.45, 7) is 1.48. The van der Waals surface area contributed by atoms with Crippen molar-refractivity contribution in [2.24, 2.45) is 0 Å². The average Bonchev–Trinajstić information content (AvgIpc) is 2.73. The van der Waals surface area contributed by atoms with Crippen LogP contribution in [0.5, 0.6) is 34.5 Å². The maximum absolute atomic E-state index is 12.6. The number of Topliss-reactive ketones (excluding diaryl/α,β-unsaturated/α-hetero) is 1. The van der Waals surface area contributed by atoms with Crippen LogP contribution in [0.15, 0.2) is 24.3 Å². The van der Waals surface area contributed by atoms with Crippen LogP contribution in [0, 0.1) is 0 Å². The molecule has 0 saturated carbocycles.